The zero-order valence-electron chi connectivity index (χ0n) is 9.25. The maximum absolute atomic E-state index is 5.69. The Morgan fingerprint density at radius 1 is 1.40 bits per heavy atom. The molecule has 0 saturated carbocycles. The van der Waals surface area contributed by atoms with Gasteiger partial charge in [0, 0.05) is 6.20 Å². The number of aromatic nitrogens is 1. The fourth-order valence-electron chi connectivity index (χ4n) is 0.930. The van der Waals surface area contributed by atoms with Crippen LogP contribution in [0, 0.1) is 0 Å². The fraction of sp³-hybridized carbons (Fsp3) is 0.700. The number of rotatable bonds is 5. The van der Waals surface area contributed by atoms with Crippen molar-refractivity contribution in [2.75, 3.05) is 13.2 Å². The average molecular weight is 250 g/mol. The molecule has 0 saturated heterocycles. The molecule has 0 N–H and O–H groups in total. The summed E-state index contributed by atoms with van der Waals surface area (Å²) in [6, 6.07) is 0. The molecule has 1 aromatic heterocycles. The second kappa shape index (κ2) is 5.80. The Balaban J connectivity index is 2.07. The molecular weight excluding hydrogens is 234 g/mol. The van der Waals surface area contributed by atoms with Gasteiger partial charge in [0.1, 0.15) is 0 Å². The van der Waals surface area contributed by atoms with Crippen LogP contribution in [0.4, 0.5) is 0 Å². The zero-order chi connectivity index (χ0) is 11.3. The molecule has 15 heavy (non-hydrogen) atoms. The van der Waals surface area contributed by atoms with Gasteiger partial charge in [0.05, 0.1) is 30.3 Å². The molecule has 0 aliphatic carbocycles. The summed E-state index contributed by atoms with van der Waals surface area (Å²) in [6.07, 6.45) is 1.73. The second-order valence-corrected chi connectivity index (χ2v) is 5.79. The smallest absolute Gasteiger partial charge is 0.183 e. The van der Waals surface area contributed by atoms with Crippen LogP contribution in [-0.2, 0) is 16.1 Å². The summed E-state index contributed by atoms with van der Waals surface area (Å²) in [5.74, 6) is 0. The highest BCUT2D eigenvalue weighted by atomic mass is 35.5. The Bertz CT molecular complexity index is 296. The van der Waals surface area contributed by atoms with Crippen molar-refractivity contribution in [3.63, 3.8) is 0 Å². The van der Waals surface area contributed by atoms with Crippen LogP contribution in [0.15, 0.2) is 6.20 Å². The van der Waals surface area contributed by atoms with Gasteiger partial charge in [0.2, 0.25) is 0 Å². The Labute approximate surface area is 99.4 Å². The van der Waals surface area contributed by atoms with E-state index in [0.29, 0.717) is 24.3 Å². The summed E-state index contributed by atoms with van der Waals surface area (Å²) >= 11 is 7.13. The number of halogens is 1. The van der Waals surface area contributed by atoms with Gasteiger partial charge in [-0.3, -0.25) is 0 Å². The highest BCUT2D eigenvalue weighted by Gasteiger charge is 2.09. The minimum absolute atomic E-state index is 0.100. The molecule has 86 valence electrons. The first-order valence-corrected chi connectivity index (χ1v) is 5.99. The van der Waals surface area contributed by atoms with Gasteiger partial charge in [-0.15, -0.1) is 11.3 Å². The Hall–Kier alpha value is -0.160. The molecule has 0 atom stereocenters. The number of hydrogen-bond acceptors (Lipinski definition) is 4. The van der Waals surface area contributed by atoms with Crippen LogP contribution in [0.3, 0.4) is 0 Å². The highest BCUT2D eigenvalue weighted by Crippen LogP contribution is 2.18. The molecule has 1 rings (SSSR count). The topological polar surface area (TPSA) is 31.4 Å². The van der Waals surface area contributed by atoms with Gasteiger partial charge in [0.15, 0.2) is 4.47 Å². The third kappa shape index (κ3) is 6.10. The zero-order valence-corrected chi connectivity index (χ0v) is 10.8. The van der Waals surface area contributed by atoms with E-state index in [1.165, 1.54) is 11.3 Å². The summed E-state index contributed by atoms with van der Waals surface area (Å²) in [6.45, 7) is 7.82. The minimum atomic E-state index is -0.100. The van der Waals surface area contributed by atoms with Gasteiger partial charge >= 0.3 is 0 Å². The van der Waals surface area contributed by atoms with Crippen LogP contribution in [0.1, 0.15) is 25.6 Å². The fourth-order valence-corrected chi connectivity index (χ4v) is 1.85. The third-order valence-corrected chi connectivity index (χ3v) is 2.62. The standard InChI is InChI=1S/C10H16ClNO2S/c1-10(2,3)14-5-4-13-7-8-6-12-9(11)15-8/h6H,4-5,7H2,1-3H3. The van der Waals surface area contributed by atoms with E-state index in [4.69, 9.17) is 21.1 Å². The Morgan fingerprint density at radius 2 is 2.13 bits per heavy atom. The monoisotopic (exact) mass is 249 g/mol. The first-order valence-electron chi connectivity index (χ1n) is 4.79. The second-order valence-electron chi connectivity index (χ2n) is 4.09. The van der Waals surface area contributed by atoms with Gasteiger partial charge in [-0.05, 0) is 20.8 Å². The van der Waals surface area contributed by atoms with E-state index in [2.05, 4.69) is 4.98 Å². The van der Waals surface area contributed by atoms with Crippen molar-refractivity contribution >= 4 is 22.9 Å². The van der Waals surface area contributed by atoms with E-state index in [1.807, 2.05) is 20.8 Å². The third-order valence-electron chi connectivity index (χ3n) is 1.53. The van der Waals surface area contributed by atoms with E-state index < -0.39 is 0 Å². The van der Waals surface area contributed by atoms with E-state index in [-0.39, 0.29) is 5.60 Å². The lowest BCUT2D eigenvalue weighted by Crippen LogP contribution is -2.21. The first-order chi connectivity index (χ1) is 6.97. The lowest BCUT2D eigenvalue weighted by atomic mass is 10.2. The van der Waals surface area contributed by atoms with Gasteiger partial charge in [-0.2, -0.15) is 0 Å². The van der Waals surface area contributed by atoms with E-state index in [9.17, 15) is 0 Å². The van der Waals surface area contributed by atoms with Crippen molar-refractivity contribution in [2.45, 2.75) is 33.0 Å². The summed E-state index contributed by atoms with van der Waals surface area (Å²) in [5, 5.41) is 0. The van der Waals surface area contributed by atoms with Crippen LogP contribution < -0.4 is 0 Å². The lowest BCUT2D eigenvalue weighted by Gasteiger charge is -2.19. The molecule has 0 unspecified atom stereocenters. The van der Waals surface area contributed by atoms with Crippen molar-refractivity contribution in [3.05, 3.63) is 15.5 Å². The summed E-state index contributed by atoms with van der Waals surface area (Å²) in [5.41, 5.74) is -0.100. The van der Waals surface area contributed by atoms with E-state index >= 15 is 0 Å². The summed E-state index contributed by atoms with van der Waals surface area (Å²) in [7, 11) is 0. The van der Waals surface area contributed by atoms with Crippen molar-refractivity contribution in [3.8, 4) is 0 Å². The van der Waals surface area contributed by atoms with Crippen LogP contribution in [0.25, 0.3) is 0 Å². The van der Waals surface area contributed by atoms with Crippen LogP contribution >= 0.6 is 22.9 Å². The summed E-state index contributed by atoms with van der Waals surface area (Å²) < 4.78 is 11.5. The normalized spacial score (nSPS) is 12.0. The number of nitrogens with zero attached hydrogens (tertiary/aromatic N) is 1. The van der Waals surface area contributed by atoms with Crippen molar-refractivity contribution in [1.82, 2.24) is 4.98 Å². The largest absolute Gasteiger partial charge is 0.373 e. The highest BCUT2D eigenvalue weighted by molar-refractivity contribution is 7.15. The molecule has 1 aromatic rings. The molecule has 5 heteroatoms. The van der Waals surface area contributed by atoms with Gasteiger partial charge < -0.3 is 9.47 Å². The number of thiazole rings is 1. The van der Waals surface area contributed by atoms with Crippen LogP contribution in [-0.4, -0.2) is 23.8 Å². The predicted molar refractivity (Wildman–Crippen MR) is 62.5 cm³/mol. The molecule has 0 aliphatic rings. The first kappa shape index (κ1) is 12.9. The van der Waals surface area contributed by atoms with Crippen LogP contribution in [0.2, 0.25) is 4.47 Å². The van der Waals surface area contributed by atoms with Gasteiger partial charge in [-0.25, -0.2) is 4.98 Å². The van der Waals surface area contributed by atoms with Crippen molar-refractivity contribution in [1.29, 1.82) is 0 Å². The van der Waals surface area contributed by atoms with Gasteiger partial charge in [0.25, 0.3) is 0 Å². The molecule has 0 spiro atoms. The lowest BCUT2D eigenvalue weighted by molar-refractivity contribution is -0.0373. The molecule has 0 radical (unpaired) electrons. The van der Waals surface area contributed by atoms with E-state index in [1.54, 1.807) is 6.20 Å². The van der Waals surface area contributed by atoms with Crippen molar-refractivity contribution < 1.29 is 9.47 Å². The molecule has 1 heterocycles. The maximum Gasteiger partial charge on any atom is 0.183 e. The van der Waals surface area contributed by atoms with Gasteiger partial charge in [-0.1, -0.05) is 11.6 Å². The molecular formula is C10H16ClNO2S. The Morgan fingerprint density at radius 3 is 2.67 bits per heavy atom. The molecule has 0 bridgehead atoms. The molecule has 0 aromatic carbocycles. The number of hydrogen-bond donors (Lipinski definition) is 0. The quantitative estimate of drug-likeness (QED) is 0.752. The average Bonchev–Trinajstić information content (AvgIpc) is 2.49. The molecule has 3 nitrogen and oxygen atoms in total. The van der Waals surface area contributed by atoms with Crippen LogP contribution in [0.5, 0.6) is 0 Å². The maximum atomic E-state index is 5.69. The predicted octanol–water partition coefficient (Wildman–Crippen LogP) is 3.13. The van der Waals surface area contributed by atoms with E-state index in [0.717, 1.165) is 4.88 Å². The van der Waals surface area contributed by atoms with Crippen molar-refractivity contribution in [2.24, 2.45) is 0 Å². The molecule has 0 aliphatic heterocycles. The minimum Gasteiger partial charge on any atom is -0.373 e. The SMILES string of the molecule is CC(C)(C)OCCOCc1cnc(Cl)s1. The summed E-state index contributed by atoms with van der Waals surface area (Å²) in [4.78, 5) is 4.97. The number of ether oxygens (including phenoxy) is 2. The Kier molecular flexibility index (Phi) is 4.99. The molecule has 0 amide bonds. The molecule has 0 fully saturated rings.